The van der Waals surface area contributed by atoms with Crippen LogP contribution in [0.5, 0.6) is 0 Å². The summed E-state index contributed by atoms with van der Waals surface area (Å²) in [5.41, 5.74) is 0.950. The van der Waals surface area contributed by atoms with Crippen LogP contribution in [0, 0.1) is 0 Å². The van der Waals surface area contributed by atoms with E-state index in [1.807, 2.05) is 0 Å². The van der Waals surface area contributed by atoms with Gasteiger partial charge in [-0.25, -0.2) is 4.98 Å². The summed E-state index contributed by atoms with van der Waals surface area (Å²) in [6, 6.07) is 9.41. The molecule has 2 aromatic carbocycles. The van der Waals surface area contributed by atoms with Gasteiger partial charge >= 0.3 is 6.05 Å². The summed E-state index contributed by atoms with van der Waals surface area (Å²) < 4.78 is 33.7. The number of alkyl halides is 2. The van der Waals surface area contributed by atoms with E-state index in [0.717, 1.165) is 4.47 Å². The van der Waals surface area contributed by atoms with Crippen LogP contribution in [0.2, 0.25) is 0 Å². The zero-order chi connectivity index (χ0) is 14.9. The first kappa shape index (κ1) is 13.8. The third-order valence-electron chi connectivity index (χ3n) is 2.67. The van der Waals surface area contributed by atoms with Crippen molar-refractivity contribution in [2.75, 3.05) is 0 Å². The van der Waals surface area contributed by atoms with E-state index in [0.29, 0.717) is 11.2 Å². The molecular weight excluding hydrogens is 344 g/mol. The lowest BCUT2D eigenvalue weighted by Crippen LogP contribution is -2.09. The molecule has 0 saturated heterocycles. The Hall–Kier alpha value is -2.15. The number of fused-ring (bicyclic) bond motifs is 1. The summed E-state index contributed by atoms with van der Waals surface area (Å²) >= 11 is 3.25. The van der Waals surface area contributed by atoms with E-state index >= 15 is 0 Å². The van der Waals surface area contributed by atoms with E-state index in [1.54, 1.807) is 48.5 Å². The molecule has 0 bridgehead atoms. The van der Waals surface area contributed by atoms with Gasteiger partial charge in [0.15, 0.2) is 5.58 Å². The molecule has 3 aromatic rings. The fourth-order valence-corrected chi connectivity index (χ4v) is 1.94. The molecule has 0 saturated carbocycles. The zero-order valence-electron chi connectivity index (χ0n) is 10.5. The first-order chi connectivity index (χ1) is 10.0. The van der Waals surface area contributed by atoms with Crippen LogP contribution < -0.4 is 0 Å². The van der Waals surface area contributed by atoms with Gasteiger partial charge in [0.05, 0.1) is 5.69 Å². The predicted molar refractivity (Wildman–Crippen MR) is 76.6 cm³/mol. The monoisotopic (exact) mass is 351 g/mol. The van der Waals surface area contributed by atoms with Gasteiger partial charge in [-0.3, -0.25) is 0 Å². The van der Waals surface area contributed by atoms with Crippen molar-refractivity contribution < 1.29 is 13.2 Å². The highest BCUT2D eigenvalue weighted by molar-refractivity contribution is 9.10. The highest BCUT2D eigenvalue weighted by atomic mass is 79.9. The molecule has 0 aliphatic carbocycles. The van der Waals surface area contributed by atoms with Crippen molar-refractivity contribution in [1.29, 1.82) is 0 Å². The number of nitrogens with zero attached hydrogens (tertiary/aromatic N) is 3. The maximum Gasteiger partial charge on any atom is 0.436 e. The van der Waals surface area contributed by atoms with Gasteiger partial charge in [-0.15, -0.1) is 10.2 Å². The molecule has 0 fully saturated rings. The van der Waals surface area contributed by atoms with E-state index in [-0.39, 0.29) is 5.58 Å². The molecule has 0 atom stereocenters. The fourth-order valence-electron chi connectivity index (χ4n) is 1.67. The Morgan fingerprint density at radius 2 is 1.76 bits per heavy atom. The van der Waals surface area contributed by atoms with E-state index in [2.05, 4.69) is 31.1 Å². The topological polar surface area (TPSA) is 50.8 Å². The normalized spacial score (nSPS) is 12.3. The van der Waals surface area contributed by atoms with Crippen LogP contribution in [0.3, 0.4) is 0 Å². The zero-order valence-corrected chi connectivity index (χ0v) is 12.1. The average molecular weight is 352 g/mol. The third kappa shape index (κ3) is 2.97. The number of para-hydroxylation sites is 2. The number of hydrogen-bond donors (Lipinski definition) is 0. The van der Waals surface area contributed by atoms with Crippen molar-refractivity contribution in [1.82, 2.24) is 4.98 Å². The summed E-state index contributed by atoms with van der Waals surface area (Å²) in [6.45, 7) is 0. The van der Waals surface area contributed by atoms with Crippen LogP contribution in [0.15, 0.2) is 67.6 Å². The summed E-state index contributed by atoms with van der Waals surface area (Å²) in [7, 11) is 0. The van der Waals surface area contributed by atoms with Crippen LogP contribution in [-0.4, -0.2) is 4.98 Å². The summed E-state index contributed by atoms with van der Waals surface area (Å²) in [4.78, 5) is 3.73. The second-order valence-corrected chi connectivity index (χ2v) is 5.12. The minimum Gasteiger partial charge on any atom is -0.433 e. The van der Waals surface area contributed by atoms with Gasteiger partial charge in [-0.1, -0.05) is 28.1 Å². The molecule has 0 aliphatic rings. The van der Waals surface area contributed by atoms with E-state index in [1.165, 1.54) is 0 Å². The van der Waals surface area contributed by atoms with Crippen LogP contribution in [-0.2, 0) is 6.05 Å². The average Bonchev–Trinajstić information content (AvgIpc) is 2.91. The molecule has 1 heterocycles. The molecule has 0 spiro atoms. The second kappa shape index (κ2) is 5.33. The van der Waals surface area contributed by atoms with Gasteiger partial charge in [0.2, 0.25) is 0 Å². The van der Waals surface area contributed by atoms with Crippen LogP contribution in [0.4, 0.5) is 14.5 Å². The number of aromatic nitrogens is 1. The molecule has 4 nitrogen and oxygen atoms in total. The SMILES string of the molecule is FC(F)(N=Nc1ccc(Br)cc1)c1nc2ccccc2o1. The van der Waals surface area contributed by atoms with Crippen molar-refractivity contribution in [3.8, 4) is 0 Å². The fraction of sp³-hybridized carbons (Fsp3) is 0.0714. The van der Waals surface area contributed by atoms with Gasteiger partial charge < -0.3 is 4.42 Å². The molecule has 0 unspecified atom stereocenters. The summed E-state index contributed by atoms with van der Waals surface area (Å²) in [6.07, 6.45) is 0. The highest BCUT2D eigenvalue weighted by Gasteiger charge is 2.38. The Morgan fingerprint density at radius 3 is 2.48 bits per heavy atom. The second-order valence-electron chi connectivity index (χ2n) is 4.20. The standard InChI is InChI=1S/C14H8BrF2N3O/c15-9-5-7-10(8-6-9)19-20-14(16,17)13-18-11-3-1-2-4-12(11)21-13/h1-8H. The van der Waals surface area contributed by atoms with Gasteiger partial charge in [0.1, 0.15) is 5.52 Å². The first-order valence-electron chi connectivity index (χ1n) is 5.97. The number of hydrogen-bond acceptors (Lipinski definition) is 4. The largest absolute Gasteiger partial charge is 0.436 e. The van der Waals surface area contributed by atoms with Gasteiger partial charge in [-0.05, 0) is 36.4 Å². The lowest BCUT2D eigenvalue weighted by Gasteiger charge is -2.03. The van der Waals surface area contributed by atoms with Crippen LogP contribution >= 0.6 is 15.9 Å². The van der Waals surface area contributed by atoms with Crippen molar-refractivity contribution in [2.24, 2.45) is 10.2 Å². The third-order valence-corrected chi connectivity index (χ3v) is 3.20. The Morgan fingerprint density at radius 1 is 1.05 bits per heavy atom. The van der Waals surface area contributed by atoms with E-state index in [4.69, 9.17) is 4.42 Å². The minimum atomic E-state index is -3.62. The number of azo groups is 1. The quantitative estimate of drug-likeness (QED) is 0.467. The molecule has 0 aliphatic heterocycles. The minimum absolute atomic E-state index is 0.283. The molecule has 0 N–H and O–H groups in total. The van der Waals surface area contributed by atoms with Gasteiger partial charge in [0.25, 0.3) is 5.89 Å². The summed E-state index contributed by atoms with van der Waals surface area (Å²) in [5.74, 6) is -0.774. The van der Waals surface area contributed by atoms with Crippen LogP contribution in [0.1, 0.15) is 5.89 Å². The van der Waals surface area contributed by atoms with Gasteiger partial charge in [0, 0.05) is 4.47 Å². The Kier molecular flexibility index (Phi) is 3.50. The Bertz CT molecular complexity index is 766. The molecule has 21 heavy (non-hydrogen) atoms. The lowest BCUT2D eigenvalue weighted by atomic mass is 10.3. The van der Waals surface area contributed by atoms with Crippen LogP contribution in [0.25, 0.3) is 11.1 Å². The van der Waals surface area contributed by atoms with Crippen molar-refractivity contribution in [3.05, 3.63) is 58.9 Å². The number of halogens is 3. The van der Waals surface area contributed by atoms with Gasteiger partial charge in [-0.2, -0.15) is 8.78 Å². The molecule has 106 valence electrons. The lowest BCUT2D eigenvalue weighted by molar-refractivity contribution is -0.0271. The molecular formula is C14H8BrF2N3O. The molecule has 7 heteroatoms. The predicted octanol–water partition coefficient (Wildman–Crippen LogP) is 5.42. The van der Waals surface area contributed by atoms with Crippen molar-refractivity contribution in [2.45, 2.75) is 6.05 Å². The number of rotatable bonds is 3. The smallest absolute Gasteiger partial charge is 0.433 e. The Balaban J connectivity index is 1.90. The van der Waals surface area contributed by atoms with E-state index in [9.17, 15) is 8.78 Å². The Labute approximate surface area is 126 Å². The summed E-state index contributed by atoms with van der Waals surface area (Å²) in [5, 5.41) is 6.56. The van der Waals surface area contributed by atoms with Crippen molar-refractivity contribution >= 4 is 32.7 Å². The highest BCUT2D eigenvalue weighted by Crippen LogP contribution is 2.32. The van der Waals surface area contributed by atoms with E-state index < -0.39 is 11.9 Å². The molecule has 0 radical (unpaired) electrons. The molecule has 3 rings (SSSR count). The first-order valence-corrected chi connectivity index (χ1v) is 6.76. The number of benzene rings is 2. The van der Waals surface area contributed by atoms with Crippen molar-refractivity contribution in [3.63, 3.8) is 0 Å². The number of oxazole rings is 1. The maximum absolute atomic E-state index is 13.9. The maximum atomic E-state index is 13.9. The molecule has 1 aromatic heterocycles. The molecule has 0 amide bonds.